The van der Waals surface area contributed by atoms with Crippen LogP contribution in [0.5, 0.6) is 0 Å². The fourth-order valence-corrected chi connectivity index (χ4v) is 2.70. The molecule has 22 heavy (non-hydrogen) atoms. The number of nitrogens with one attached hydrogen (secondary N) is 1. The van der Waals surface area contributed by atoms with Crippen LogP contribution in [0.1, 0.15) is 34.9 Å². The van der Waals surface area contributed by atoms with Crippen LogP contribution in [0.4, 0.5) is 0 Å². The minimum Gasteiger partial charge on any atom is -0.396 e. The van der Waals surface area contributed by atoms with Gasteiger partial charge in [0.25, 0.3) is 0 Å². The third-order valence-electron chi connectivity index (χ3n) is 4.21. The first-order chi connectivity index (χ1) is 10.7. The number of nitrogens with zero attached hydrogens (tertiary/aromatic N) is 2. The van der Waals surface area contributed by atoms with Gasteiger partial charge in [0.15, 0.2) is 0 Å². The van der Waals surface area contributed by atoms with E-state index in [9.17, 15) is 5.11 Å². The molecule has 0 fully saturated rings. The lowest BCUT2D eigenvalue weighted by Gasteiger charge is -2.17. The van der Waals surface area contributed by atoms with Crippen LogP contribution < -0.4 is 5.32 Å². The second-order valence-corrected chi connectivity index (χ2v) is 5.56. The first-order valence-electron chi connectivity index (χ1n) is 7.59. The van der Waals surface area contributed by atoms with Crippen molar-refractivity contribution in [3.63, 3.8) is 0 Å². The molecule has 1 heterocycles. The number of hydrogen-bond acceptors (Lipinski definition) is 3. The van der Waals surface area contributed by atoms with Crippen molar-refractivity contribution in [2.75, 3.05) is 13.2 Å². The van der Waals surface area contributed by atoms with Crippen molar-refractivity contribution in [1.29, 1.82) is 5.26 Å². The summed E-state index contributed by atoms with van der Waals surface area (Å²) < 4.78 is 1.92. The van der Waals surface area contributed by atoms with Gasteiger partial charge in [0, 0.05) is 32.4 Å². The number of hydrogen-bond donors (Lipinski definition) is 2. The normalized spacial score (nSPS) is 12.1. The second-order valence-electron chi connectivity index (χ2n) is 5.56. The summed E-state index contributed by atoms with van der Waals surface area (Å²) in [7, 11) is 1.91. The average Bonchev–Trinajstić information content (AvgIpc) is 2.83. The van der Waals surface area contributed by atoms with E-state index in [0.29, 0.717) is 11.6 Å². The number of rotatable bonds is 7. The minimum atomic E-state index is 0.185. The van der Waals surface area contributed by atoms with Gasteiger partial charge in [-0.25, -0.2) is 0 Å². The zero-order chi connectivity index (χ0) is 15.9. The Morgan fingerprint density at radius 2 is 2.05 bits per heavy atom. The molecule has 0 aliphatic rings. The highest BCUT2D eigenvalue weighted by atomic mass is 16.3. The summed E-state index contributed by atoms with van der Waals surface area (Å²) in [5.74, 6) is 0.297. The van der Waals surface area contributed by atoms with Crippen molar-refractivity contribution in [2.24, 2.45) is 7.05 Å². The highest BCUT2D eigenvalue weighted by Crippen LogP contribution is 2.19. The molecule has 116 valence electrons. The van der Waals surface area contributed by atoms with E-state index in [1.54, 1.807) is 0 Å². The molecular weight excluding hydrogens is 274 g/mol. The Morgan fingerprint density at radius 3 is 2.64 bits per heavy atom. The summed E-state index contributed by atoms with van der Waals surface area (Å²) in [6, 6.07) is 14.4. The summed E-state index contributed by atoms with van der Waals surface area (Å²) in [4.78, 5) is 0. The second kappa shape index (κ2) is 7.79. The van der Waals surface area contributed by atoms with Gasteiger partial charge in [0.05, 0.1) is 0 Å². The molecule has 1 atom stereocenters. The molecule has 0 aliphatic carbocycles. The molecule has 1 aromatic carbocycles. The molecule has 0 spiro atoms. The van der Waals surface area contributed by atoms with E-state index in [-0.39, 0.29) is 6.61 Å². The molecule has 2 N–H and O–H groups in total. The topological polar surface area (TPSA) is 61.0 Å². The maximum atomic E-state index is 9.26. The predicted octanol–water partition coefficient (Wildman–Crippen LogP) is 2.46. The van der Waals surface area contributed by atoms with Gasteiger partial charge < -0.3 is 15.0 Å². The summed E-state index contributed by atoms with van der Waals surface area (Å²) in [6.07, 6.45) is 0.744. The quantitative estimate of drug-likeness (QED) is 0.825. The molecule has 0 amide bonds. The molecule has 0 aliphatic heterocycles. The van der Waals surface area contributed by atoms with E-state index in [1.807, 2.05) is 42.8 Å². The van der Waals surface area contributed by atoms with Gasteiger partial charge in [0.2, 0.25) is 0 Å². The SMILES string of the molecule is Cc1c(CNCC(CCO)c2ccccc2)cc(C#N)n1C. The summed E-state index contributed by atoms with van der Waals surface area (Å²) in [6.45, 7) is 3.75. The minimum absolute atomic E-state index is 0.185. The number of aromatic nitrogens is 1. The number of aliphatic hydroxyl groups is 1. The number of benzene rings is 1. The monoisotopic (exact) mass is 297 g/mol. The van der Waals surface area contributed by atoms with Crippen LogP contribution in [0.2, 0.25) is 0 Å². The molecule has 4 heteroatoms. The third-order valence-corrected chi connectivity index (χ3v) is 4.21. The fourth-order valence-electron chi connectivity index (χ4n) is 2.70. The van der Waals surface area contributed by atoms with Crippen molar-refractivity contribution in [3.05, 3.63) is 58.9 Å². The van der Waals surface area contributed by atoms with Crippen LogP contribution in [0.15, 0.2) is 36.4 Å². The maximum absolute atomic E-state index is 9.26. The molecule has 2 aromatic rings. The third kappa shape index (κ3) is 3.76. The van der Waals surface area contributed by atoms with E-state index in [4.69, 9.17) is 5.26 Å². The molecule has 4 nitrogen and oxygen atoms in total. The van der Waals surface area contributed by atoms with E-state index in [2.05, 4.69) is 23.5 Å². The fraction of sp³-hybridized carbons (Fsp3) is 0.389. The molecule has 0 saturated heterocycles. The van der Waals surface area contributed by atoms with Gasteiger partial charge in [0.1, 0.15) is 11.8 Å². The lowest BCUT2D eigenvalue weighted by molar-refractivity contribution is 0.273. The highest BCUT2D eigenvalue weighted by Gasteiger charge is 2.12. The van der Waals surface area contributed by atoms with Crippen molar-refractivity contribution in [2.45, 2.75) is 25.8 Å². The largest absolute Gasteiger partial charge is 0.396 e. The molecule has 1 aromatic heterocycles. The van der Waals surface area contributed by atoms with Crippen LogP contribution in [-0.2, 0) is 13.6 Å². The van der Waals surface area contributed by atoms with Crippen molar-refractivity contribution >= 4 is 0 Å². The molecule has 0 radical (unpaired) electrons. The Morgan fingerprint density at radius 1 is 1.32 bits per heavy atom. The Labute approximate surface area is 132 Å². The van der Waals surface area contributed by atoms with E-state index >= 15 is 0 Å². The molecule has 0 bridgehead atoms. The number of aliphatic hydroxyl groups excluding tert-OH is 1. The van der Waals surface area contributed by atoms with Gasteiger partial charge >= 0.3 is 0 Å². The standard InChI is InChI=1S/C18H23N3O/c1-14-17(10-18(11-19)21(14)2)13-20-12-16(8-9-22)15-6-4-3-5-7-15/h3-7,10,16,20,22H,8-9,12-13H2,1-2H3. The van der Waals surface area contributed by atoms with E-state index in [0.717, 1.165) is 30.8 Å². The van der Waals surface area contributed by atoms with Crippen molar-refractivity contribution in [3.8, 4) is 6.07 Å². The van der Waals surface area contributed by atoms with Gasteiger partial charge in [-0.2, -0.15) is 5.26 Å². The zero-order valence-electron chi connectivity index (χ0n) is 13.2. The van der Waals surface area contributed by atoms with Crippen LogP contribution in [0.3, 0.4) is 0 Å². The van der Waals surface area contributed by atoms with Crippen molar-refractivity contribution < 1.29 is 5.11 Å². The van der Waals surface area contributed by atoms with Gasteiger partial charge in [-0.1, -0.05) is 30.3 Å². The smallest absolute Gasteiger partial charge is 0.120 e. The average molecular weight is 297 g/mol. The van der Waals surface area contributed by atoms with Gasteiger partial charge in [-0.3, -0.25) is 0 Å². The first-order valence-corrected chi connectivity index (χ1v) is 7.59. The lowest BCUT2D eigenvalue weighted by atomic mass is 9.96. The van der Waals surface area contributed by atoms with Crippen molar-refractivity contribution in [1.82, 2.24) is 9.88 Å². The summed E-state index contributed by atoms with van der Waals surface area (Å²) >= 11 is 0. The Balaban J connectivity index is 1.98. The van der Waals surface area contributed by atoms with Crippen LogP contribution >= 0.6 is 0 Å². The zero-order valence-corrected chi connectivity index (χ0v) is 13.2. The van der Waals surface area contributed by atoms with E-state index < -0.39 is 0 Å². The molecular formula is C18H23N3O. The molecule has 0 saturated carbocycles. The Hall–Kier alpha value is -2.09. The van der Waals surface area contributed by atoms with Crippen LogP contribution in [0, 0.1) is 18.3 Å². The number of nitriles is 1. The maximum Gasteiger partial charge on any atom is 0.120 e. The molecule has 2 rings (SSSR count). The summed E-state index contributed by atoms with van der Waals surface area (Å²) in [5.41, 5.74) is 4.19. The van der Waals surface area contributed by atoms with Gasteiger partial charge in [-0.15, -0.1) is 0 Å². The highest BCUT2D eigenvalue weighted by molar-refractivity contribution is 5.34. The predicted molar refractivity (Wildman–Crippen MR) is 87.5 cm³/mol. The van der Waals surface area contributed by atoms with E-state index in [1.165, 1.54) is 5.56 Å². The molecule has 1 unspecified atom stereocenters. The summed E-state index contributed by atoms with van der Waals surface area (Å²) in [5, 5.41) is 21.8. The van der Waals surface area contributed by atoms with Crippen LogP contribution in [-0.4, -0.2) is 22.8 Å². The van der Waals surface area contributed by atoms with Crippen LogP contribution in [0.25, 0.3) is 0 Å². The lowest BCUT2D eigenvalue weighted by Crippen LogP contribution is -2.22. The Bertz CT molecular complexity index is 640. The van der Waals surface area contributed by atoms with Gasteiger partial charge in [-0.05, 0) is 36.5 Å². The first kappa shape index (κ1) is 16.3. The Kier molecular flexibility index (Phi) is 5.76.